The SMILES string of the molecule is O=C(Nc1ccc(C(=O)O)c(O)c1)c1ccc(Cl)nn1. The van der Waals surface area contributed by atoms with E-state index in [1.807, 2.05) is 0 Å². The molecule has 20 heavy (non-hydrogen) atoms. The first-order valence-electron chi connectivity index (χ1n) is 5.34. The third-order valence-corrected chi connectivity index (χ3v) is 2.55. The standard InChI is InChI=1S/C12H8ClN3O4/c13-10-4-3-8(15-16-10)11(18)14-6-1-2-7(12(19)20)9(17)5-6/h1-5,17H,(H,14,18)(H,19,20). The number of amides is 1. The second-order valence-corrected chi connectivity index (χ2v) is 4.12. The molecule has 2 rings (SSSR count). The summed E-state index contributed by atoms with van der Waals surface area (Å²) in [5.41, 5.74) is 0.0136. The van der Waals surface area contributed by atoms with E-state index in [1.165, 1.54) is 24.3 Å². The number of aromatic carboxylic acids is 1. The van der Waals surface area contributed by atoms with Gasteiger partial charge in [0.05, 0.1) is 0 Å². The number of nitrogens with zero attached hydrogens (tertiary/aromatic N) is 2. The molecule has 0 fully saturated rings. The van der Waals surface area contributed by atoms with Crippen LogP contribution in [0.3, 0.4) is 0 Å². The van der Waals surface area contributed by atoms with E-state index >= 15 is 0 Å². The largest absolute Gasteiger partial charge is 0.507 e. The Morgan fingerprint density at radius 3 is 2.45 bits per heavy atom. The number of nitrogens with one attached hydrogen (secondary N) is 1. The van der Waals surface area contributed by atoms with Crippen LogP contribution in [0.25, 0.3) is 0 Å². The van der Waals surface area contributed by atoms with Gasteiger partial charge in [0.25, 0.3) is 5.91 Å². The van der Waals surface area contributed by atoms with Crippen molar-refractivity contribution in [3.05, 3.63) is 46.7 Å². The second-order valence-electron chi connectivity index (χ2n) is 3.73. The molecule has 0 aliphatic heterocycles. The van der Waals surface area contributed by atoms with Gasteiger partial charge in [-0.15, -0.1) is 10.2 Å². The molecular weight excluding hydrogens is 286 g/mol. The van der Waals surface area contributed by atoms with Gasteiger partial charge in [-0.1, -0.05) is 11.6 Å². The summed E-state index contributed by atoms with van der Waals surface area (Å²) in [6.45, 7) is 0. The highest BCUT2D eigenvalue weighted by molar-refractivity contribution is 6.29. The molecule has 0 saturated carbocycles. The van der Waals surface area contributed by atoms with Crippen LogP contribution in [0, 0.1) is 0 Å². The zero-order valence-electron chi connectivity index (χ0n) is 9.87. The van der Waals surface area contributed by atoms with E-state index in [-0.39, 0.29) is 22.1 Å². The van der Waals surface area contributed by atoms with E-state index in [9.17, 15) is 14.7 Å². The smallest absolute Gasteiger partial charge is 0.339 e. The van der Waals surface area contributed by atoms with Crippen LogP contribution in [-0.4, -0.2) is 32.3 Å². The summed E-state index contributed by atoms with van der Waals surface area (Å²) in [6, 6.07) is 6.46. The minimum atomic E-state index is -1.26. The predicted molar refractivity (Wildman–Crippen MR) is 70.1 cm³/mol. The average Bonchev–Trinajstić information content (AvgIpc) is 2.39. The number of carbonyl (C=O) groups is 2. The van der Waals surface area contributed by atoms with Gasteiger partial charge in [-0.05, 0) is 24.3 Å². The molecule has 7 nitrogen and oxygen atoms in total. The van der Waals surface area contributed by atoms with Crippen molar-refractivity contribution in [3.8, 4) is 5.75 Å². The lowest BCUT2D eigenvalue weighted by Gasteiger charge is -2.06. The number of benzene rings is 1. The topological polar surface area (TPSA) is 112 Å². The van der Waals surface area contributed by atoms with E-state index in [0.29, 0.717) is 0 Å². The zero-order chi connectivity index (χ0) is 14.7. The highest BCUT2D eigenvalue weighted by Crippen LogP contribution is 2.22. The van der Waals surface area contributed by atoms with Crippen LogP contribution in [0.5, 0.6) is 5.75 Å². The first-order chi connectivity index (χ1) is 9.47. The van der Waals surface area contributed by atoms with E-state index in [2.05, 4.69) is 15.5 Å². The van der Waals surface area contributed by atoms with Crippen molar-refractivity contribution in [2.45, 2.75) is 0 Å². The van der Waals surface area contributed by atoms with Crippen LogP contribution in [-0.2, 0) is 0 Å². The minimum Gasteiger partial charge on any atom is -0.507 e. The lowest BCUT2D eigenvalue weighted by molar-refractivity contribution is 0.0693. The molecule has 0 saturated heterocycles. The fraction of sp³-hybridized carbons (Fsp3) is 0. The number of carboxylic acid groups (broad SMARTS) is 1. The van der Waals surface area contributed by atoms with Gasteiger partial charge < -0.3 is 15.5 Å². The van der Waals surface area contributed by atoms with Crippen LogP contribution < -0.4 is 5.32 Å². The lowest BCUT2D eigenvalue weighted by Crippen LogP contribution is -2.14. The number of phenols is 1. The van der Waals surface area contributed by atoms with Gasteiger partial charge >= 0.3 is 5.97 Å². The van der Waals surface area contributed by atoms with Gasteiger partial charge in [0.2, 0.25) is 0 Å². The Labute approximate surface area is 117 Å². The van der Waals surface area contributed by atoms with E-state index in [0.717, 1.165) is 6.07 Å². The van der Waals surface area contributed by atoms with Crippen molar-refractivity contribution in [3.63, 3.8) is 0 Å². The van der Waals surface area contributed by atoms with Gasteiger partial charge in [0, 0.05) is 11.8 Å². The fourth-order valence-electron chi connectivity index (χ4n) is 1.42. The maximum absolute atomic E-state index is 11.8. The van der Waals surface area contributed by atoms with Gasteiger partial charge in [-0.25, -0.2) is 4.79 Å². The quantitative estimate of drug-likeness (QED) is 0.795. The number of aromatic nitrogens is 2. The molecular formula is C12H8ClN3O4. The Morgan fingerprint density at radius 1 is 1.15 bits per heavy atom. The number of halogens is 1. The van der Waals surface area contributed by atoms with Crippen molar-refractivity contribution in [2.75, 3.05) is 5.32 Å². The molecule has 0 spiro atoms. The van der Waals surface area contributed by atoms with Crippen LogP contribution >= 0.6 is 11.6 Å². The van der Waals surface area contributed by atoms with Crippen molar-refractivity contribution in [1.29, 1.82) is 0 Å². The Kier molecular flexibility index (Phi) is 3.81. The second kappa shape index (κ2) is 5.54. The van der Waals surface area contributed by atoms with Crippen molar-refractivity contribution in [1.82, 2.24) is 10.2 Å². The monoisotopic (exact) mass is 293 g/mol. The molecule has 102 valence electrons. The molecule has 2 aromatic rings. The van der Waals surface area contributed by atoms with Gasteiger partial charge in [-0.3, -0.25) is 4.79 Å². The summed E-state index contributed by atoms with van der Waals surface area (Å²) < 4.78 is 0. The number of carboxylic acids is 1. The maximum Gasteiger partial charge on any atom is 0.339 e. The Morgan fingerprint density at radius 2 is 1.90 bits per heavy atom. The van der Waals surface area contributed by atoms with Crippen LogP contribution in [0.4, 0.5) is 5.69 Å². The molecule has 1 aromatic carbocycles. The predicted octanol–water partition coefficient (Wildman–Crippen LogP) is 1.79. The normalized spacial score (nSPS) is 10.1. The average molecular weight is 294 g/mol. The third kappa shape index (κ3) is 3.01. The van der Waals surface area contributed by atoms with Crippen molar-refractivity contribution in [2.24, 2.45) is 0 Å². The number of rotatable bonds is 3. The maximum atomic E-state index is 11.8. The zero-order valence-corrected chi connectivity index (χ0v) is 10.6. The first kappa shape index (κ1) is 13.8. The Bertz CT molecular complexity index is 673. The van der Waals surface area contributed by atoms with E-state index < -0.39 is 17.6 Å². The molecule has 0 radical (unpaired) electrons. The van der Waals surface area contributed by atoms with Gasteiger partial charge in [0.1, 0.15) is 11.3 Å². The molecule has 3 N–H and O–H groups in total. The molecule has 0 unspecified atom stereocenters. The molecule has 1 heterocycles. The Balaban J connectivity index is 2.18. The summed E-state index contributed by atoms with van der Waals surface area (Å²) >= 11 is 5.55. The number of aromatic hydroxyl groups is 1. The molecule has 0 aliphatic carbocycles. The number of hydrogen-bond donors (Lipinski definition) is 3. The first-order valence-corrected chi connectivity index (χ1v) is 5.72. The van der Waals surface area contributed by atoms with E-state index in [4.69, 9.17) is 16.7 Å². The summed E-state index contributed by atoms with van der Waals surface area (Å²) in [6.07, 6.45) is 0. The van der Waals surface area contributed by atoms with Gasteiger partial charge in [-0.2, -0.15) is 0 Å². The van der Waals surface area contributed by atoms with Crippen LogP contribution in [0.15, 0.2) is 30.3 Å². The fourth-order valence-corrected chi connectivity index (χ4v) is 1.52. The summed E-state index contributed by atoms with van der Waals surface area (Å²) in [5.74, 6) is -2.27. The third-order valence-electron chi connectivity index (χ3n) is 2.35. The summed E-state index contributed by atoms with van der Waals surface area (Å²) in [5, 5.41) is 28.0. The van der Waals surface area contributed by atoms with Crippen LogP contribution in [0.2, 0.25) is 5.15 Å². The number of carbonyl (C=O) groups excluding carboxylic acids is 1. The van der Waals surface area contributed by atoms with Gasteiger partial charge in [0.15, 0.2) is 10.8 Å². The van der Waals surface area contributed by atoms with Crippen molar-refractivity contribution >= 4 is 29.2 Å². The minimum absolute atomic E-state index is 0.0381. The van der Waals surface area contributed by atoms with E-state index in [1.54, 1.807) is 0 Å². The highest BCUT2D eigenvalue weighted by atomic mass is 35.5. The number of hydrogen-bond acceptors (Lipinski definition) is 5. The summed E-state index contributed by atoms with van der Waals surface area (Å²) in [4.78, 5) is 22.5. The molecule has 0 atom stereocenters. The van der Waals surface area contributed by atoms with Crippen molar-refractivity contribution < 1.29 is 19.8 Å². The Hall–Kier alpha value is -2.67. The molecule has 1 aromatic heterocycles. The molecule has 0 aliphatic rings. The summed E-state index contributed by atoms with van der Waals surface area (Å²) in [7, 11) is 0. The molecule has 0 bridgehead atoms. The molecule has 1 amide bonds. The highest BCUT2D eigenvalue weighted by Gasteiger charge is 2.12. The number of anilines is 1. The van der Waals surface area contributed by atoms with Crippen LogP contribution in [0.1, 0.15) is 20.8 Å². The lowest BCUT2D eigenvalue weighted by atomic mass is 10.2. The molecule has 8 heteroatoms.